The van der Waals surface area contributed by atoms with E-state index in [1.54, 1.807) is 32.3 Å². The fourth-order valence-electron chi connectivity index (χ4n) is 4.79. The van der Waals surface area contributed by atoms with Gasteiger partial charge in [0.25, 0.3) is 0 Å². The summed E-state index contributed by atoms with van der Waals surface area (Å²) in [5.41, 5.74) is 1.04. The first-order chi connectivity index (χ1) is 16.0. The van der Waals surface area contributed by atoms with Crippen molar-refractivity contribution >= 4 is 23.3 Å². The summed E-state index contributed by atoms with van der Waals surface area (Å²) >= 11 is 0. The maximum Gasteiger partial charge on any atom is 0.241 e. The maximum absolute atomic E-state index is 13.0. The van der Waals surface area contributed by atoms with Crippen LogP contribution in [0.2, 0.25) is 0 Å². The summed E-state index contributed by atoms with van der Waals surface area (Å²) in [6.07, 6.45) is 6.32. The van der Waals surface area contributed by atoms with Gasteiger partial charge in [-0.1, -0.05) is 12.8 Å². The largest absolute Gasteiger partial charge is 0.497 e. The molecule has 1 aliphatic heterocycles. The molecule has 9 heteroatoms. The second-order valence-electron chi connectivity index (χ2n) is 9.01. The number of hydrogen-bond donors (Lipinski definition) is 1. The van der Waals surface area contributed by atoms with Gasteiger partial charge in [-0.25, -0.2) is 4.68 Å². The van der Waals surface area contributed by atoms with Crippen LogP contribution in [0, 0.1) is 0 Å². The Morgan fingerprint density at radius 1 is 1.12 bits per heavy atom. The summed E-state index contributed by atoms with van der Waals surface area (Å²) in [7, 11) is 5.16. The van der Waals surface area contributed by atoms with Crippen LogP contribution in [-0.4, -0.2) is 84.8 Å². The Morgan fingerprint density at radius 3 is 2.52 bits per heavy atom. The standard InChI is InChI=1S/C24H34N6O3/c1-27(2)24(32)21-16-28(18-8-10-20(33-3)11-9-18)14-15-29(21)17-23(31)26-22-12-13-25-30(22)19-6-4-5-7-19/h8-13,19,21H,4-7,14-17H2,1-3H3,(H,26,31)/t21-/m0/s1. The summed E-state index contributed by atoms with van der Waals surface area (Å²) in [6, 6.07) is 9.65. The lowest BCUT2D eigenvalue weighted by Gasteiger charge is -2.42. The zero-order chi connectivity index (χ0) is 23.4. The van der Waals surface area contributed by atoms with E-state index >= 15 is 0 Å². The molecular formula is C24H34N6O3. The number of benzene rings is 1. The lowest BCUT2D eigenvalue weighted by molar-refractivity contribution is -0.135. The van der Waals surface area contributed by atoms with Crippen LogP contribution in [0.5, 0.6) is 5.75 Å². The van der Waals surface area contributed by atoms with E-state index in [2.05, 4.69) is 15.3 Å². The normalized spacial score (nSPS) is 19.5. The molecule has 2 aliphatic rings. The molecule has 0 radical (unpaired) electrons. The fraction of sp³-hybridized carbons (Fsp3) is 0.542. The van der Waals surface area contributed by atoms with Gasteiger partial charge in [0.05, 0.1) is 25.9 Å². The molecule has 2 fully saturated rings. The third-order valence-corrected chi connectivity index (χ3v) is 6.61. The molecule has 2 aromatic rings. The van der Waals surface area contributed by atoms with Crippen molar-refractivity contribution in [1.29, 1.82) is 0 Å². The molecule has 2 amide bonds. The number of amides is 2. The first-order valence-electron chi connectivity index (χ1n) is 11.6. The molecule has 33 heavy (non-hydrogen) atoms. The SMILES string of the molecule is COc1ccc(N2CCN(CC(=O)Nc3ccnn3C3CCCC3)[C@H](C(=O)N(C)C)C2)cc1. The van der Waals surface area contributed by atoms with Crippen molar-refractivity contribution in [3.63, 3.8) is 0 Å². The van der Waals surface area contributed by atoms with Crippen molar-refractivity contribution in [2.24, 2.45) is 0 Å². The smallest absolute Gasteiger partial charge is 0.241 e. The molecule has 178 valence electrons. The zero-order valence-corrected chi connectivity index (χ0v) is 19.7. The van der Waals surface area contributed by atoms with E-state index < -0.39 is 6.04 Å². The summed E-state index contributed by atoms with van der Waals surface area (Å²) in [4.78, 5) is 31.7. The monoisotopic (exact) mass is 454 g/mol. The van der Waals surface area contributed by atoms with Crippen LogP contribution < -0.4 is 15.0 Å². The highest BCUT2D eigenvalue weighted by Crippen LogP contribution is 2.31. The Labute approximate surface area is 195 Å². The molecule has 1 N–H and O–H groups in total. The second kappa shape index (κ2) is 10.2. The second-order valence-corrected chi connectivity index (χ2v) is 9.01. The molecule has 1 aliphatic carbocycles. The van der Waals surface area contributed by atoms with Crippen molar-refractivity contribution in [3.8, 4) is 5.75 Å². The molecular weight excluding hydrogens is 420 g/mol. The summed E-state index contributed by atoms with van der Waals surface area (Å²) in [6.45, 7) is 2.04. The highest BCUT2D eigenvalue weighted by Gasteiger charge is 2.34. The predicted octanol–water partition coefficient (Wildman–Crippen LogP) is 2.22. The van der Waals surface area contributed by atoms with Crippen molar-refractivity contribution < 1.29 is 14.3 Å². The number of methoxy groups -OCH3 is 1. The Hall–Kier alpha value is -3.07. The van der Waals surface area contributed by atoms with Gasteiger partial charge in [0, 0.05) is 45.5 Å². The Morgan fingerprint density at radius 2 is 1.85 bits per heavy atom. The van der Waals surface area contributed by atoms with Crippen LogP contribution in [0.3, 0.4) is 0 Å². The van der Waals surface area contributed by atoms with E-state index in [1.165, 1.54) is 12.8 Å². The molecule has 1 atom stereocenters. The molecule has 0 spiro atoms. The number of likely N-dealkylation sites (N-methyl/N-ethyl adjacent to an activating group) is 1. The predicted molar refractivity (Wildman–Crippen MR) is 128 cm³/mol. The Balaban J connectivity index is 1.43. The minimum absolute atomic E-state index is 0.00277. The van der Waals surface area contributed by atoms with Gasteiger partial charge in [0.15, 0.2) is 0 Å². The van der Waals surface area contributed by atoms with Crippen molar-refractivity contribution in [1.82, 2.24) is 19.6 Å². The van der Waals surface area contributed by atoms with Crippen LogP contribution in [0.25, 0.3) is 0 Å². The van der Waals surface area contributed by atoms with E-state index in [-0.39, 0.29) is 18.4 Å². The van der Waals surface area contributed by atoms with Crippen molar-refractivity contribution in [2.75, 3.05) is 57.6 Å². The topological polar surface area (TPSA) is 82.9 Å². The third-order valence-electron chi connectivity index (χ3n) is 6.61. The van der Waals surface area contributed by atoms with Crippen LogP contribution in [0.4, 0.5) is 11.5 Å². The lowest BCUT2D eigenvalue weighted by atomic mass is 10.1. The number of carbonyl (C=O) groups excluding carboxylic acids is 2. The number of hydrogen-bond acceptors (Lipinski definition) is 6. The molecule has 0 bridgehead atoms. The minimum atomic E-state index is -0.402. The van der Waals surface area contributed by atoms with E-state index in [0.29, 0.717) is 19.1 Å². The van der Waals surface area contributed by atoms with Gasteiger partial charge in [0.2, 0.25) is 11.8 Å². The van der Waals surface area contributed by atoms with Gasteiger partial charge in [-0.3, -0.25) is 14.5 Å². The van der Waals surface area contributed by atoms with Crippen molar-refractivity contribution in [2.45, 2.75) is 37.8 Å². The fourth-order valence-corrected chi connectivity index (χ4v) is 4.79. The van der Waals surface area contributed by atoms with Crippen LogP contribution in [0.15, 0.2) is 36.5 Å². The first kappa shape index (κ1) is 23.1. The van der Waals surface area contributed by atoms with Crippen LogP contribution in [-0.2, 0) is 9.59 Å². The third kappa shape index (κ3) is 5.30. The highest BCUT2D eigenvalue weighted by molar-refractivity contribution is 5.92. The number of aromatic nitrogens is 2. The van der Waals surface area contributed by atoms with Crippen LogP contribution >= 0.6 is 0 Å². The summed E-state index contributed by atoms with van der Waals surface area (Å²) < 4.78 is 7.19. The van der Waals surface area contributed by atoms with Gasteiger partial charge >= 0.3 is 0 Å². The number of anilines is 2. The molecule has 0 unspecified atom stereocenters. The van der Waals surface area contributed by atoms with Gasteiger partial charge in [-0.05, 0) is 37.1 Å². The molecule has 1 saturated heterocycles. The number of nitrogens with zero attached hydrogens (tertiary/aromatic N) is 5. The van der Waals surface area contributed by atoms with E-state index in [0.717, 1.165) is 36.6 Å². The quantitative estimate of drug-likeness (QED) is 0.691. The number of carbonyl (C=O) groups is 2. The Bertz CT molecular complexity index is 951. The lowest BCUT2D eigenvalue weighted by Crippen LogP contribution is -2.60. The zero-order valence-electron chi connectivity index (χ0n) is 19.7. The molecule has 1 aromatic carbocycles. The van der Waals surface area contributed by atoms with E-state index in [1.807, 2.05) is 39.9 Å². The van der Waals surface area contributed by atoms with Gasteiger partial charge in [0.1, 0.15) is 17.6 Å². The minimum Gasteiger partial charge on any atom is -0.497 e. The number of ether oxygens (including phenoxy) is 1. The van der Waals surface area contributed by atoms with Crippen molar-refractivity contribution in [3.05, 3.63) is 36.5 Å². The molecule has 2 heterocycles. The number of piperazine rings is 1. The molecule has 4 rings (SSSR count). The summed E-state index contributed by atoms with van der Waals surface area (Å²) in [5.74, 6) is 1.41. The van der Waals surface area contributed by atoms with Crippen LogP contribution in [0.1, 0.15) is 31.7 Å². The van der Waals surface area contributed by atoms with Gasteiger partial charge < -0.3 is 19.9 Å². The van der Waals surface area contributed by atoms with Gasteiger partial charge in [-0.2, -0.15) is 5.10 Å². The number of nitrogens with one attached hydrogen (secondary N) is 1. The molecule has 9 nitrogen and oxygen atoms in total. The highest BCUT2D eigenvalue weighted by atomic mass is 16.5. The van der Waals surface area contributed by atoms with Gasteiger partial charge in [-0.15, -0.1) is 0 Å². The first-order valence-corrected chi connectivity index (χ1v) is 11.6. The molecule has 1 aromatic heterocycles. The maximum atomic E-state index is 13.0. The average Bonchev–Trinajstić information content (AvgIpc) is 3.51. The average molecular weight is 455 g/mol. The van der Waals surface area contributed by atoms with E-state index in [9.17, 15) is 9.59 Å². The number of rotatable bonds is 7. The molecule has 1 saturated carbocycles. The summed E-state index contributed by atoms with van der Waals surface area (Å²) in [5, 5.41) is 7.46. The van der Waals surface area contributed by atoms with E-state index in [4.69, 9.17) is 4.74 Å². The Kier molecular flexibility index (Phi) is 7.17.